The van der Waals surface area contributed by atoms with Crippen LogP contribution in [0.5, 0.6) is 0 Å². The maximum Gasteiger partial charge on any atom is 0.477 e. The van der Waals surface area contributed by atoms with Gasteiger partial charge in [0.2, 0.25) is 0 Å². The van der Waals surface area contributed by atoms with Crippen molar-refractivity contribution in [2.45, 2.75) is 89.7 Å². The fourth-order valence-corrected chi connectivity index (χ4v) is 10.6. The van der Waals surface area contributed by atoms with E-state index >= 15 is 4.57 Å². The van der Waals surface area contributed by atoms with Crippen LogP contribution in [0.25, 0.3) is 0 Å². The molecule has 0 radical (unpaired) electrons. The second-order valence-corrected chi connectivity index (χ2v) is 20.5. The third kappa shape index (κ3) is 14.8. The van der Waals surface area contributed by atoms with E-state index in [9.17, 15) is 4.57 Å². The van der Waals surface area contributed by atoms with Crippen LogP contribution >= 0.6 is 15.6 Å². The third-order valence-corrected chi connectivity index (χ3v) is 14.7. The molecule has 2 aliphatic heterocycles. The van der Waals surface area contributed by atoms with Crippen molar-refractivity contribution in [2.24, 2.45) is 0 Å². The van der Waals surface area contributed by atoms with Gasteiger partial charge in [0, 0.05) is 0 Å². The number of fused-ring (bicyclic) bond motifs is 1. The van der Waals surface area contributed by atoms with Gasteiger partial charge in [0.15, 0.2) is 6.29 Å². The minimum absolute atomic E-state index is 0.00126. The summed E-state index contributed by atoms with van der Waals surface area (Å²) in [7, 11) is -8.82. The molecule has 9 rings (SSSR count). The van der Waals surface area contributed by atoms with Gasteiger partial charge in [-0.2, -0.15) is 0 Å². The summed E-state index contributed by atoms with van der Waals surface area (Å²) in [6.45, 7) is -0.248. The number of phosphoric ester groups is 2. The largest absolute Gasteiger partial charge is 0.477 e. The summed E-state index contributed by atoms with van der Waals surface area (Å²) in [6.07, 6.45) is -7.01. The van der Waals surface area contributed by atoms with Crippen molar-refractivity contribution in [3.05, 3.63) is 251 Å². The molecule has 0 aliphatic carbocycles. The van der Waals surface area contributed by atoms with Gasteiger partial charge in [-0.15, -0.1) is 0 Å². The Bertz CT molecular complexity index is 2700. The van der Waals surface area contributed by atoms with Crippen LogP contribution in [0.3, 0.4) is 0 Å². The molecular weight excluding hydrogens is 955 g/mol. The Balaban J connectivity index is 1.12. The Morgan fingerprint density at radius 3 is 1.25 bits per heavy atom. The predicted molar refractivity (Wildman–Crippen MR) is 269 cm³/mol. The fraction of sp³-hybridized carbons (Fsp3) is 0.263. The van der Waals surface area contributed by atoms with Crippen LogP contribution in [-0.4, -0.2) is 43.4 Å². The summed E-state index contributed by atoms with van der Waals surface area (Å²) in [5.41, 5.74) is 6.54. The maximum atomic E-state index is 15.4. The molecule has 13 nitrogen and oxygen atoms in total. The Kier molecular flexibility index (Phi) is 18.6. The molecule has 0 bridgehead atoms. The minimum Gasteiger partial charge on any atom is -0.368 e. The topological polar surface area (TPSA) is 136 Å². The normalized spacial score (nSPS) is 20.2. The van der Waals surface area contributed by atoms with Gasteiger partial charge in [0.25, 0.3) is 0 Å². The number of hydrogen-bond donors (Lipinski definition) is 0. The quantitative estimate of drug-likeness (QED) is 0.0532. The average molecular weight is 1010 g/mol. The number of phosphoric acid groups is 2. The lowest BCUT2D eigenvalue weighted by Crippen LogP contribution is -2.64. The van der Waals surface area contributed by atoms with Crippen molar-refractivity contribution < 1.29 is 60.0 Å². The zero-order valence-electron chi connectivity index (χ0n) is 39.7. The number of hydrogen-bond acceptors (Lipinski definition) is 13. The van der Waals surface area contributed by atoms with Crippen molar-refractivity contribution in [1.82, 2.24) is 0 Å². The molecule has 1 saturated heterocycles. The van der Waals surface area contributed by atoms with E-state index in [1.807, 2.05) is 206 Å². The maximum absolute atomic E-state index is 15.4. The summed E-state index contributed by atoms with van der Waals surface area (Å²) >= 11 is 0. The number of rotatable bonds is 24. The van der Waals surface area contributed by atoms with E-state index in [2.05, 4.69) is 0 Å². The molecule has 0 aromatic heterocycles. The van der Waals surface area contributed by atoms with Crippen LogP contribution in [-0.2, 0) is 113 Å². The molecule has 2 aliphatic rings. The molecule has 0 saturated carbocycles. The molecule has 72 heavy (non-hydrogen) atoms. The van der Waals surface area contributed by atoms with Crippen molar-refractivity contribution >= 4 is 15.6 Å². The van der Waals surface area contributed by atoms with Gasteiger partial charge in [-0.1, -0.05) is 206 Å². The standard InChI is InChI=1S/C57H58O13P2/c58-71(66-41-50-33-19-20-34-51(50)42-67-71)68-43-52(60-35-44-21-7-1-8-22-44)53-54(61-36-45-23-9-2-10-24-45)55(62-37-46-25-11-3-12-26-46)56(63-38-47-27-13-4-14-28-47)57(69-53)70-72(59,64-39-48-29-15-5-16-30-48)65-40-49-31-17-6-18-32-49/h1-34,52-57H,35-43H2/t52-,53-,54-,55+,56+,57+/m1/s1. The lowest BCUT2D eigenvalue weighted by molar-refractivity contribution is -0.324. The lowest BCUT2D eigenvalue weighted by Gasteiger charge is -2.48. The summed E-state index contributed by atoms with van der Waals surface area (Å²) < 4.78 is 102. The lowest BCUT2D eigenvalue weighted by atomic mass is 9.94. The average Bonchev–Trinajstić information content (AvgIpc) is 3.61. The molecule has 6 atom stereocenters. The number of benzene rings is 7. The highest BCUT2D eigenvalue weighted by Crippen LogP contribution is 2.55. The molecule has 0 N–H and O–H groups in total. The van der Waals surface area contributed by atoms with Crippen molar-refractivity contribution in [3.63, 3.8) is 0 Å². The molecule has 7 aromatic rings. The Hall–Kier alpha value is -5.44. The fourth-order valence-electron chi connectivity index (χ4n) is 8.18. The van der Waals surface area contributed by atoms with Crippen LogP contribution < -0.4 is 0 Å². The van der Waals surface area contributed by atoms with Gasteiger partial charge in [0.1, 0.15) is 30.5 Å². The number of ether oxygens (including phenoxy) is 5. The molecule has 7 aromatic carbocycles. The molecular formula is C57H58O13P2. The first-order valence-corrected chi connectivity index (χ1v) is 26.8. The van der Waals surface area contributed by atoms with Crippen LogP contribution in [0.4, 0.5) is 0 Å². The molecule has 0 unspecified atom stereocenters. The molecule has 0 spiro atoms. The summed E-state index contributed by atoms with van der Waals surface area (Å²) in [5.74, 6) is 0. The van der Waals surface area contributed by atoms with Crippen LogP contribution in [0, 0.1) is 0 Å². The monoisotopic (exact) mass is 1010 g/mol. The van der Waals surface area contributed by atoms with Crippen molar-refractivity contribution in [3.8, 4) is 0 Å². The highest BCUT2D eigenvalue weighted by atomic mass is 31.2. The van der Waals surface area contributed by atoms with E-state index in [0.29, 0.717) is 0 Å². The van der Waals surface area contributed by atoms with Gasteiger partial charge in [-0.05, 0) is 44.5 Å². The summed E-state index contributed by atoms with van der Waals surface area (Å²) in [6, 6.07) is 64.7. The van der Waals surface area contributed by atoms with E-state index in [-0.39, 0.29) is 59.5 Å². The van der Waals surface area contributed by atoms with Gasteiger partial charge < -0.3 is 23.7 Å². The zero-order valence-corrected chi connectivity index (χ0v) is 41.4. The van der Waals surface area contributed by atoms with Crippen LogP contribution in [0.2, 0.25) is 0 Å². The van der Waals surface area contributed by atoms with Crippen LogP contribution in [0.1, 0.15) is 44.5 Å². The van der Waals surface area contributed by atoms with E-state index in [1.165, 1.54) is 0 Å². The highest BCUT2D eigenvalue weighted by molar-refractivity contribution is 7.48. The van der Waals surface area contributed by atoms with E-state index < -0.39 is 52.5 Å². The Morgan fingerprint density at radius 1 is 0.458 bits per heavy atom. The summed E-state index contributed by atoms with van der Waals surface area (Å²) in [5, 5.41) is 0. The van der Waals surface area contributed by atoms with Gasteiger partial charge >= 0.3 is 15.6 Å². The third-order valence-electron chi connectivity index (χ3n) is 12.0. The first-order valence-electron chi connectivity index (χ1n) is 23.9. The van der Waals surface area contributed by atoms with Crippen LogP contribution in [0.15, 0.2) is 206 Å². The second kappa shape index (κ2) is 26.0. The Labute approximate surface area is 421 Å². The van der Waals surface area contributed by atoms with E-state index in [4.69, 9.17) is 50.8 Å². The van der Waals surface area contributed by atoms with Gasteiger partial charge in [-0.3, -0.25) is 27.1 Å². The van der Waals surface area contributed by atoms with Crippen molar-refractivity contribution in [1.29, 1.82) is 0 Å². The first kappa shape index (κ1) is 51.5. The predicted octanol–water partition coefficient (Wildman–Crippen LogP) is 12.5. The first-order chi connectivity index (χ1) is 35.4. The highest BCUT2D eigenvalue weighted by Gasteiger charge is 2.54. The van der Waals surface area contributed by atoms with E-state index in [1.54, 1.807) is 0 Å². The van der Waals surface area contributed by atoms with Gasteiger partial charge in [0.05, 0.1) is 59.5 Å². The molecule has 374 valence electrons. The Morgan fingerprint density at radius 2 is 0.819 bits per heavy atom. The van der Waals surface area contributed by atoms with Crippen molar-refractivity contribution in [2.75, 3.05) is 6.61 Å². The minimum atomic E-state index is -4.60. The smallest absolute Gasteiger partial charge is 0.368 e. The summed E-state index contributed by atoms with van der Waals surface area (Å²) in [4.78, 5) is 0. The van der Waals surface area contributed by atoms with E-state index in [0.717, 1.165) is 44.5 Å². The zero-order chi connectivity index (χ0) is 49.3. The molecule has 2 heterocycles. The van der Waals surface area contributed by atoms with Gasteiger partial charge in [-0.25, -0.2) is 9.13 Å². The SMILES string of the molecule is O=P1(OC[C@@H](OCc2ccccc2)[C@H]2O[C@@H](OP(=O)(OCc3ccccc3)OCc3ccccc3)[C@@H](OCc3ccccc3)[C@@H](OCc3ccccc3)[C@@H]2OCc2ccccc2)OCc2ccccc2CO1. The molecule has 0 amide bonds. The second-order valence-electron chi connectivity index (χ2n) is 17.2. The molecule has 1 fully saturated rings. The molecule has 15 heteroatoms.